The molecule has 3 rings (SSSR count). The Balaban J connectivity index is 1.55. The highest BCUT2D eigenvalue weighted by atomic mass is 15.3. The molecule has 2 aliphatic heterocycles. The summed E-state index contributed by atoms with van der Waals surface area (Å²) in [6.45, 7) is 11.2. The second kappa shape index (κ2) is 6.11. The summed E-state index contributed by atoms with van der Waals surface area (Å²) >= 11 is 0. The van der Waals surface area contributed by atoms with Crippen LogP contribution in [0.2, 0.25) is 0 Å². The standard InChI is InChI=1S/C16H31N3/c1-13(2)18-9-7-16(12-18)19(15-5-6-15)11-14-4-3-8-17-10-14/h13-17H,3-12H2,1-2H3. The van der Waals surface area contributed by atoms with Crippen LogP contribution < -0.4 is 5.32 Å². The number of nitrogens with one attached hydrogen (secondary N) is 1. The van der Waals surface area contributed by atoms with Gasteiger partial charge in [-0.05, 0) is 65.0 Å². The predicted octanol–water partition coefficient (Wildman–Crippen LogP) is 1.93. The van der Waals surface area contributed by atoms with Crippen LogP contribution in [-0.4, -0.2) is 60.6 Å². The number of likely N-dealkylation sites (tertiary alicyclic amines) is 1. The summed E-state index contributed by atoms with van der Waals surface area (Å²) in [7, 11) is 0. The van der Waals surface area contributed by atoms with Gasteiger partial charge in [0, 0.05) is 37.8 Å². The second-order valence-corrected chi connectivity index (χ2v) is 7.17. The summed E-state index contributed by atoms with van der Waals surface area (Å²) in [6, 6.07) is 2.50. The van der Waals surface area contributed by atoms with Gasteiger partial charge in [-0.15, -0.1) is 0 Å². The van der Waals surface area contributed by atoms with Gasteiger partial charge < -0.3 is 5.32 Å². The molecule has 0 amide bonds. The minimum absolute atomic E-state index is 0.724. The van der Waals surface area contributed by atoms with Crippen molar-refractivity contribution in [3.8, 4) is 0 Å². The van der Waals surface area contributed by atoms with E-state index >= 15 is 0 Å². The number of rotatable bonds is 5. The highest BCUT2D eigenvalue weighted by Gasteiger charge is 2.38. The molecule has 1 aliphatic carbocycles. The molecule has 0 aromatic rings. The van der Waals surface area contributed by atoms with Gasteiger partial charge in [-0.2, -0.15) is 0 Å². The lowest BCUT2D eigenvalue weighted by molar-refractivity contribution is 0.140. The average molecular weight is 265 g/mol. The van der Waals surface area contributed by atoms with Crippen molar-refractivity contribution in [1.82, 2.24) is 15.1 Å². The molecule has 0 bridgehead atoms. The van der Waals surface area contributed by atoms with Gasteiger partial charge in [0.2, 0.25) is 0 Å². The maximum absolute atomic E-state index is 3.58. The fraction of sp³-hybridized carbons (Fsp3) is 1.00. The van der Waals surface area contributed by atoms with Gasteiger partial charge in [0.15, 0.2) is 0 Å². The van der Waals surface area contributed by atoms with E-state index in [2.05, 4.69) is 29.0 Å². The van der Waals surface area contributed by atoms with Gasteiger partial charge in [0.1, 0.15) is 0 Å². The zero-order valence-electron chi connectivity index (χ0n) is 12.8. The van der Waals surface area contributed by atoms with E-state index in [4.69, 9.17) is 0 Å². The first-order valence-electron chi connectivity index (χ1n) is 8.44. The molecule has 1 saturated carbocycles. The molecule has 1 N–H and O–H groups in total. The predicted molar refractivity (Wildman–Crippen MR) is 80.4 cm³/mol. The third-order valence-electron chi connectivity index (χ3n) is 5.28. The highest BCUT2D eigenvalue weighted by Crippen LogP contribution is 2.33. The Hall–Kier alpha value is -0.120. The molecular weight excluding hydrogens is 234 g/mol. The summed E-state index contributed by atoms with van der Waals surface area (Å²) in [5.74, 6) is 0.905. The van der Waals surface area contributed by atoms with E-state index in [1.807, 2.05) is 0 Å². The average Bonchev–Trinajstić information content (AvgIpc) is 3.13. The first-order valence-corrected chi connectivity index (χ1v) is 8.44. The Morgan fingerprint density at radius 2 is 2.00 bits per heavy atom. The van der Waals surface area contributed by atoms with Gasteiger partial charge in [0.25, 0.3) is 0 Å². The third-order valence-corrected chi connectivity index (χ3v) is 5.28. The van der Waals surface area contributed by atoms with E-state index in [1.54, 1.807) is 0 Å². The molecule has 2 saturated heterocycles. The van der Waals surface area contributed by atoms with E-state index in [-0.39, 0.29) is 0 Å². The second-order valence-electron chi connectivity index (χ2n) is 7.17. The monoisotopic (exact) mass is 265 g/mol. The molecular formula is C16H31N3. The molecule has 0 radical (unpaired) electrons. The molecule has 2 unspecified atom stereocenters. The fourth-order valence-corrected chi connectivity index (χ4v) is 3.89. The minimum Gasteiger partial charge on any atom is -0.316 e. The summed E-state index contributed by atoms with van der Waals surface area (Å²) in [5, 5.41) is 3.58. The van der Waals surface area contributed by atoms with Crippen molar-refractivity contribution < 1.29 is 0 Å². The van der Waals surface area contributed by atoms with Gasteiger partial charge in [0.05, 0.1) is 0 Å². The number of nitrogens with zero attached hydrogens (tertiary/aromatic N) is 2. The van der Waals surface area contributed by atoms with Gasteiger partial charge in [-0.25, -0.2) is 0 Å². The van der Waals surface area contributed by atoms with Crippen LogP contribution in [-0.2, 0) is 0 Å². The van der Waals surface area contributed by atoms with Crippen molar-refractivity contribution in [2.45, 2.75) is 64.1 Å². The highest BCUT2D eigenvalue weighted by molar-refractivity contribution is 4.94. The number of hydrogen-bond donors (Lipinski definition) is 1. The lowest BCUT2D eigenvalue weighted by Crippen LogP contribution is -2.45. The van der Waals surface area contributed by atoms with Crippen molar-refractivity contribution in [3.05, 3.63) is 0 Å². The quantitative estimate of drug-likeness (QED) is 0.819. The smallest absolute Gasteiger partial charge is 0.0238 e. The molecule has 0 spiro atoms. The van der Waals surface area contributed by atoms with Crippen LogP contribution in [0.5, 0.6) is 0 Å². The van der Waals surface area contributed by atoms with Crippen molar-refractivity contribution in [3.63, 3.8) is 0 Å². The van der Waals surface area contributed by atoms with Gasteiger partial charge >= 0.3 is 0 Å². The first-order chi connectivity index (χ1) is 9.24. The largest absolute Gasteiger partial charge is 0.316 e. The Bertz CT molecular complexity index is 282. The maximum atomic E-state index is 3.58. The molecule has 19 heavy (non-hydrogen) atoms. The van der Waals surface area contributed by atoms with Crippen LogP contribution in [0.1, 0.15) is 46.0 Å². The van der Waals surface area contributed by atoms with E-state index in [0.717, 1.165) is 24.0 Å². The normalized spacial score (nSPS) is 33.5. The Morgan fingerprint density at radius 1 is 1.16 bits per heavy atom. The van der Waals surface area contributed by atoms with Gasteiger partial charge in [-0.3, -0.25) is 9.80 Å². The van der Waals surface area contributed by atoms with Crippen LogP contribution in [0.3, 0.4) is 0 Å². The topological polar surface area (TPSA) is 18.5 Å². The van der Waals surface area contributed by atoms with Crippen molar-refractivity contribution in [2.75, 3.05) is 32.7 Å². The summed E-state index contributed by atoms with van der Waals surface area (Å²) in [5.41, 5.74) is 0. The molecule has 3 heteroatoms. The Morgan fingerprint density at radius 3 is 2.58 bits per heavy atom. The zero-order chi connectivity index (χ0) is 13.2. The lowest BCUT2D eigenvalue weighted by atomic mass is 9.98. The Kier molecular flexibility index (Phi) is 4.45. The van der Waals surface area contributed by atoms with E-state index in [0.29, 0.717) is 0 Å². The summed E-state index contributed by atoms with van der Waals surface area (Å²) in [6.07, 6.45) is 7.13. The van der Waals surface area contributed by atoms with Crippen molar-refractivity contribution >= 4 is 0 Å². The molecule has 0 aromatic carbocycles. The SMILES string of the molecule is CC(C)N1CCC(N(CC2CCCNC2)C2CC2)C1. The fourth-order valence-electron chi connectivity index (χ4n) is 3.89. The van der Waals surface area contributed by atoms with E-state index < -0.39 is 0 Å². The number of hydrogen-bond acceptors (Lipinski definition) is 3. The molecule has 2 heterocycles. The molecule has 3 aliphatic rings. The van der Waals surface area contributed by atoms with Crippen LogP contribution in [0.4, 0.5) is 0 Å². The third kappa shape index (κ3) is 3.50. The van der Waals surface area contributed by atoms with Crippen LogP contribution in [0.15, 0.2) is 0 Å². The zero-order valence-corrected chi connectivity index (χ0v) is 12.8. The molecule has 110 valence electrons. The van der Waals surface area contributed by atoms with Crippen molar-refractivity contribution in [1.29, 1.82) is 0 Å². The first kappa shape index (κ1) is 13.8. The van der Waals surface area contributed by atoms with Gasteiger partial charge in [-0.1, -0.05) is 0 Å². The summed E-state index contributed by atoms with van der Waals surface area (Å²) < 4.78 is 0. The molecule has 2 atom stereocenters. The van der Waals surface area contributed by atoms with Crippen LogP contribution in [0.25, 0.3) is 0 Å². The molecule has 0 aromatic heterocycles. The lowest BCUT2D eigenvalue weighted by Gasteiger charge is -2.34. The maximum Gasteiger partial charge on any atom is 0.0238 e. The minimum atomic E-state index is 0.724. The molecule has 3 nitrogen and oxygen atoms in total. The molecule has 3 fully saturated rings. The van der Waals surface area contributed by atoms with Crippen molar-refractivity contribution in [2.24, 2.45) is 5.92 Å². The Labute approximate surface area is 118 Å². The summed E-state index contributed by atoms with van der Waals surface area (Å²) in [4.78, 5) is 5.55. The van der Waals surface area contributed by atoms with Crippen LogP contribution in [0, 0.1) is 5.92 Å². The van der Waals surface area contributed by atoms with E-state index in [9.17, 15) is 0 Å². The van der Waals surface area contributed by atoms with Crippen LogP contribution >= 0.6 is 0 Å². The number of piperidine rings is 1. The van der Waals surface area contributed by atoms with E-state index in [1.165, 1.54) is 64.8 Å².